The van der Waals surface area contributed by atoms with E-state index in [1.165, 1.54) is 0 Å². The first-order valence-corrected chi connectivity index (χ1v) is 11.0. The van der Waals surface area contributed by atoms with Crippen LogP contribution in [0.1, 0.15) is 57.6 Å². The molecule has 1 aliphatic carbocycles. The van der Waals surface area contributed by atoms with Gasteiger partial charge in [-0.3, -0.25) is 9.59 Å². The molecule has 0 aromatic heterocycles. The highest BCUT2D eigenvalue weighted by atomic mass is 16.5. The summed E-state index contributed by atoms with van der Waals surface area (Å²) >= 11 is 0. The van der Waals surface area contributed by atoms with E-state index in [9.17, 15) is 9.59 Å². The third-order valence-corrected chi connectivity index (χ3v) is 5.32. The molecule has 1 fully saturated rings. The zero-order chi connectivity index (χ0) is 22.2. The molecule has 0 aliphatic heterocycles. The fraction of sp³-hybridized carbons (Fsp3) is 0.440. The van der Waals surface area contributed by atoms with Gasteiger partial charge in [-0.25, -0.2) is 0 Å². The van der Waals surface area contributed by atoms with Gasteiger partial charge in [-0.1, -0.05) is 44.2 Å². The van der Waals surface area contributed by atoms with Crippen LogP contribution in [0.3, 0.4) is 0 Å². The summed E-state index contributed by atoms with van der Waals surface area (Å²) in [6.45, 7) is 3.95. The van der Waals surface area contributed by atoms with Crippen molar-refractivity contribution in [3.05, 3.63) is 54.1 Å². The van der Waals surface area contributed by atoms with E-state index in [0.29, 0.717) is 23.6 Å². The Hall–Kier alpha value is -3.02. The maximum atomic E-state index is 13.1. The first-order valence-electron chi connectivity index (χ1n) is 11.0. The lowest BCUT2D eigenvalue weighted by atomic mass is 10.0. The summed E-state index contributed by atoms with van der Waals surface area (Å²) < 4.78 is 11.6. The monoisotopic (exact) mass is 424 g/mol. The first-order chi connectivity index (χ1) is 15.0. The average Bonchev–Trinajstić information content (AvgIpc) is 3.25. The predicted molar refractivity (Wildman–Crippen MR) is 121 cm³/mol. The molecule has 0 radical (unpaired) electrons. The van der Waals surface area contributed by atoms with Crippen LogP contribution in [0.4, 0.5) is 5.69 Å². The fourth-order valence-corrected chi connectivity index (χ4v) is 3.78. The Balaban J connectivity index is 1.77. The molecule has 0 saturated heterocycles. The quantitative estimate of drug-likeness (QED) is 0.603. The van der Waals surface area contributed by atoms with Gasteiger partial charge < -0.3 is 20.1 Å². The zero-order valence-electron chi connectivity index (χ0n) is 18.5. The Morgan fingerprint density at radius 2 is 1.74 bits per heavy atom. The highest BCUT2D eigenvalue weighted by Crippen LogP contribution is 2.34. The maximum absolute atomic E-state index is 13.1. The van der Waals surface area contributed by atoms with E-state index in [2.05, 4.69) is 10.6 Å². The Labute approximate surface area is 184 Å². The summed E-state index contributed by atoms with van der Waals surface area (Å²) in [7, 11) is 1.60. The smallest absolute Gasteiger partial charge is 0.251 e. The molecule has 2 aromatic carbocycles. The van der Waals surface area contributed by atoms with Crippen LogP contribution in [0.15, 0.2) is 48.5 Å². The number of rotatable bonds is 9. The Kier molecular flexibility index (Phi) is 7.93. The highest BCUT2D eigenvalue weighted by molar-refractivity contribution is 5.98. The van der Waals surface area contributed by atoms with Gasteiger partial charge in [-0.05, 0) is 49.3 Å². The van der Waals surface area contributed by atoms with Gasteiger partial charge in [-0.15, -0.1) is 0 Å². The van der Waals surface area contributed by atoms with E-state index in [1.54, 1.807) is 25.3 Å². The van der Waals surface area contributed by atoms with Crippen molar-refractivity contribution in [2.75, 3.05) is 12.4 Å². The van der Waals surface area contributed by atoms with Crippen molar-refractivity contribution in [1.29, 1.82) is 0 Å². The lowest BCUT2D eigenvalue weighted by molar-refractivity contribution is -0.127. The van der Waals surface area contributed by atoms with Crippen molar-refractivity contribution in [3.8, 4) is 11.5 Å². The highest BCUT2D eigenvalue weighted by Gasteiger charge is 2.24. The van der Waals surface area contributed by atoms with Crippen LogP contribution in [0.25, 0.3) is 0 Å². The lowest BCUT2D eigenvalue weighted by Gasteiger charge is -2.21. The molecule has 6 heteroatoms. The zero-order valence-corrected chi connectivity index (χ0v) is 18.5. The van der Waals surface area contributed by atoms with E-state index in [-0.39, 0.29) is 23.8 Å². The Morgan fingerprint density at radius 1 is 1.03 bits per heavy atom. The molecule has 2 N–H and O–H groups in total. The normalized spacial score (nSPS) is 14.8. The number of hydrogen-bond donors (Lipinski definition) is 2. The number of hydrogen-bond acceptors (Lipinski definition) is 4. The van der Waals surface area contributed by atoms with Crippen LogP contribution in [0.5, 0.6) is 11.5 Å². The van der Waals surface area contributed by atoms with Gasteiger partial charge in [0.25, 0.3) is 5.91 Å². The SMILES string of the molecule is COc1ccc(NC(=O)C(NC(=O)CC(C)C)c2ccccc2)cc1OC1CCCC1. The van der Waals surface area contributed by atoms with Crippen LogP contribution >= 0.6 is 0 Å². The Morgan fingerprint density at radius 3 is 2.39 bits per heavy atom. The molecule has 166 valence electrons. The largest absolute Gasteiger partial charge is 0.493 e. The minimum absolute atomic E-state index is 0.154. The molecule has 3 rings (SSSR count). The topological polar surface area (TPSA) is 76.7 Å². The van der Waals surface area contributed by atoms with Gasteiger partial charge >= 0.3 is 0 Å². The van der Waals surface area contributed by atoms with Crippen molar-refractivity contribution >= 4 is 17.5 Å². The van der Waals surface area contributed by atoms with E-state index < -0.39 is 6.04 Å². The van der Waals surface area contributed by atoms with Gasteiger partial charge in [-0.2, -0.15) is 0 Å². The second kappa shape index (κ2) is 10.8. The number of methoxy groups -OCH3 is 1. The third-order valence-electron chi connectivity index (χ3n) is 5.32. The summed E-state index contributed by atoms with van der Waals surface area (Å²) in [5.41, 5.74) is 1.32. The lowest BCUT2D eigenvalue weighted by Crippen LogP contribution is -2.37. The number of ether oxygens (including phenoxy) is 2. The van der Waals surface area contributed by atoms with Crippen molar-refractivity contribution in [1.82, 2.24) is 5.32 Å². The maximum Gasteiger partial charge on any atom is 0.251 e. The molecule has 0 spiro atoms. The van der Waals surface area contributed by atoms with Crippen molar-refractivity contribution in [2.45, 2.75) is 58.1 Å². The molecule has 0 bridgehead atoms. The summed E-state index contributed by atoms with van der Waals surface area (Å²) in [5.74, 6) is 0.998. The fourth-order valence-electron chi connectivity index (χ4n) is 3.78. The number of amides is 2. The van der Waals surface area contributed by atoms with Crippen molar-refractivity contribution in [2.24, 2.45) is 5.92 Å². The number of anilines is 1. The number of carbonyl (C=O) groups excluding carboxylic acids is 2. The Bertz CT molecular complexity index is 876. The first kappa shape index (κ1) is 22.7. The molecule has 1 atom stereocenters. The number of carbonyl (C=O) groups is 2. The van der Waals surface area contributed by atoms with E-state index in [4.69, 9.17) is 9.47 Å². The molecular formula is C25H32N2O4. The number of benzene rings is 2. The van der Waals surface area contributed by atoms with Crippen LogP contribution in [-0.4, -0.2) is 25.0 Å². The molecule has 1 aliphatic rings. The summed E-state index contributed by atoms with van der Waals surface area (Å²) in [6, 6.07) is 13.8. The average molecular weight is 425 g/mol. The molecule has 31 heavy (non-hydrogen) atoms. The van der Waals surface area contributed by atoms with Crippen LogP contribution < -0.4 is 20.1 Å². The molecule has 0 heterocycles. The summed E-state index contributed by atoms with van der Waals surface area (Å²) in [4.78, 5) is 25.5. The predicted octanol–water partition coefficient (Wildman–Crippen LogP) is 4.86. The van der Waals surface area contributed by atoms with Gasteiger partial charge in [0.2, 0.25) is 5.91 Å². The minimum Gasteiger partial charge on any atom is -0.493 e. The summed E-state index contributed by atoms with van der Waals surface area (Å²) in [5, 5.41) is 5.80. The van der Waals surface area contributed by atoms with Crippen LogP contribution in [-0.2, 0) is 9.59 Å². The second-order valence-corrected chi connectivity index (χ2v) is 8.39. The molecule has 6 nitrogen and oxygen atoms in total. The van der Waals surface area contributed by atoms with E-state index >= 15 is 0 Å². The van der Waals surface area contributed by atoms with Gasteiger partial charge in [0.15, 0.2) is 11.5 Å². The summed E-state index contributed by atoms with van der Waals surface area (Å²) in [6.07, 6.45) is 4.91. The number of nitrogens with one attached hydrogen (secondary N) is 2. The van der Waals surface area contributed by atoms with Gasteiger partial charge in [0.05, 0.1) is 13.2 Å². The van der Waals surface area contributed by atoms with Gasteiger partial charge in [0, 0.05) is 18.2 Å². The molecule has 1 saturated carbocycles. The molecule has 2 aromatic rings. The van der Waals surface area contributed by atoms with Gasteiger partial charge in [0.1, 0.15) is 6.04 Å². The standard InChI is InChI=1S/C25H32N2O4/c1-17(2)15-23(28)27-24(18-9-5-4-6-10-18)25(29)26-19-13-14-21(30-3)22(16-19)31-20-11-7-8-12-20/h4-6,9-10,13-14,16-17,20,24H,7-8,11-12,15H2,1-3H3,(H,26,29)(H,27,28). The van der Waals surface area contributed by atoms with E-state index in [1.807, 2.05) is 44.2 Å². The molecule has 1 unspecified atom stereocenters. The molecule has 2 amide bonds. The minimum atomic E-state index is -0.784. The third kappa shape index (κ3) is 6.48. The van der Waals surface area contributed by atoms with Crippen molar-refractivity contribution in [3.63, 3.8) is 0 Å². The second-order valence-electron chi connectivity index (χ2n) is 8.39. The van der Waals surface area contributed by atoms with E-state index in [0.717, 1.165) is 31.2 Å². The van der Waals surface area contributed by atoms with Crippen molar-refractivity contribution < 1.29 is 19.1 Å². The van der Waals surface area contributed by atoms with Crippen LogP contribution in [0.2, 0.25) is 0 Å². The molecular weight excluding hydrogens is 392 g/mol. The van der Waals surface area contributed by atoms with Crippen LogP contribution in [0, 0.1) is 5.92 Å².